The van der Waals surface area contributed by atoms with E-state index in [4.69, 9.17) is 0 Å². The molecule has 0 atom stereocenters. The molecule has 0 saturated carbocycles. The Morgan fingerprint density at radius 1 is 0.912 bits per heavy atom. The number of hydrogen-bond donors (Lipinski definition) is 0. The molecule has 4 aromatic rings. The van der Waals surface area contributed by atoms with Crippen molar-refractivity contribution in [2.75, 3.05) is 0 Å². The fourth-order valence-electron chi connectivity index (χ4n) is 3.57. The number of alkyl halides is 3. The molecule has 0 spiro atoms. The first-order valence-electron chi connectivity index (χ1n) is 9.78. The van der Waals surface area contributed by atoms with E-state index in [9.17, 15) is 36.5 Å². The minimum atomic E-state index is -4.65. The average Bonchev–Trinajstić information content (AvgIpc) is 2.79. The van der Waals surface area contributed by atoms with Gasteiger partial charge in [0.05, 0.1) is 15.4 Å². The van der Waals surface area contributed by atoms with Crippen LogP contribution in [0.2, 0.25) is 0 Å². The van der Waals surface area contributed by atoms with Crippen molar-refractivity contribution >= 4 is 26.5 Å². The molecule has 0 fully saturated rings. The predicted molar refractivity (Wildman–Crippen MR) is 118 cm³/mol. The second-order valence-corrected chi connectivity index (χ2v) is 9.21. The third kappa shape index (κ3) is 4.29. The van der Waals surface area contributed by atoms with Gasteiger partial charge in [-0.05, 0) is 47.3 Å². The van der Waals surface area contributed by atoms with Crippen LogP contribution in [0.3, 0.4) is 0 Å². The van der Waals surface area contributed by atoms with Crippen LogP contribution >= 0.6 is 0 Å². The Hall–Kier alpha value is -3.99. The molecule has 3 aromatic carbocycles. The SMILES string of the molecule is O=c1c2ccc(C(F)(F)F)cc2cc(Cc2ccccc2)n1S(=O)(=O)c1ccc([N+](=O)[O-])cc1. The summed E-state index contributed by atoms with van der Waals surface area (Å²) in [6.07, 6.45) is -4.71. The number of rotatable bonds is 5. The molecule has 174 valence electrons. The average molecular weight is 488 g/mol. The molecule has 0 unspecified atom stereocenters. The van der Waals surface area contributed by atoms with Gasteiger partial charge < -0.3 is 0 Å². The molecule has 1 heterocycles. The number of pyridine rings is 1. The number of halogens is 3. The molecular weight excluding hydrogens is 473 g/mol. The Balaban J connectivity index is 1.98. The maximum Gasteiger partial charge on any atom is 0.416 e. The van der Waals surface area contributed by atoms with E-state index in [1.807, 2.05) is 0 Å². The lowest BCUT2D eigenvalue weighted by Crippen LogP contribution is -2.30. The lowest BCUT2D eigenvalue weighted by Gasteiger charge is -2.16. The molecule has 0 amide bonds. The van der Waals surface area contributed by atoms with Crippen LogP contribution in [0.1, 0.15) is 16.8 Å². The van der Waals surface area contributed by atoms with Crippen LogP contribution in [0.25, 0.3) is 10.8 Å². The normalized spacial score (nSPS) is 12.1. The van der Waals surface area contributed by atoms with Crippen LogP contribution in [0.5, 0.6) is 0 Å². The highest BCUT2D eigenvalue weighted by Gasteiger charge is 2.31. The van der Waals surface area contributed by atoms with Crippen LogP contribution < -0.4 is 5.56 Å². The van der Waals surface area contributed by atoms with Crippen molar-refractivity contribution in [2.45, 2.75) is 17.5 Å². The lowest BCUT2D eigenvalue weighted by molar-refractivity contribution is -0.384. The molecule has 11 heteroatoms. The van der Waals surface area contributed by atoms with E-state index in [1.165, 1.54) is 6.07 Å². The number of benzene rings is 3. The molecule has 0 saturated heterocycles. The van der Waals surface area contributed by atoms with Crippen LogP contribution in [0.15, 0.2) is 88.6 Å². The van der Waals surface area contributed by atoms with Gasteiger partial charge in [0.2, 0.25) is 0 Å². The molecule has 0 radical (unpaired) electrons. The van der Waals surface area contributed by atoms with Crippen molar-refractivity contribution in [3.8, 4) is 0 Å². The highest BCUT2D eigenvalue weighted by Crippen LogP contribution is 2.31. The van der Waals surface area contributed by atoms with Gasteiger partial charge in [-0.1, -0.05) is 30.3 Å². The largest absolute Gasteiger partial charge is 0.416 e. The van der Waals surface area contributed by atoms with E-state index in [-0.39, 0.29) is 33.5 Å². The number of fused-ring (bicyclic) bond motifs is 1. The van der Waals surface area contributed by atoms with Gasteiger partial charge >= 0.3 is 6.18 Å². The number of nitro groups is 1. The van der Waals surface area contributed by atoms with Crippen LogP contribution in [0.4, 0.5) is 18.9 Å². The maximum atomic E-state index is 13.4. The van der Waals surface area contributed by atoms with Crippen molar-refractivity contribution in [1.82, 2.24) is 3.97 Å². The van der Waals surface area contributed by atoms with Gasteiger partial charge in [0.25, 0.3) is 21.3 Å². The van der Waals surface area contributed by atoms with Gasteiger partial charge in [0.15, 0.2) is 0 Å². The quantitative estimate of drug-likeness (QED) is 0.298. The highest BCUT2D eigenvalue weighted by molar-refractivity contribution is 7.90. The smallest absolute Gasteiger partial charge is 0.268 e. The third-order valence-corrected chi connectivity index (χ3v) is 6.94. The minimum absolute atomic E-state index is 0.0543. The fourth-order valence-corrected chi connectivity index (χ4v) is 5.00. The standard InChI is InChI=1S/C23H15F3N2O5S/c24-23(25,26)17-6-11-21-16(13-17)14-19(12-15-4-2-1-3-5-15)27(22(21)29)34(32,33)20-9-7-18(8-10-20)28(30)31/h1-11,13-14H,12H2. The van der Waals surface area contributed by atoms with Crippen LogP contribution in [-0.2, 0) is 22.6 Å². The minimum Gasteiger partial charge on any atom is -0.268 e. The molecule has 4 rings (SSSR count). The van der Waals surface area contributed by atoms with Gasteiger partial charge in [-0.3, -0.25) is 14.9 Å². The van der Waals surface area contributed by atoms with Crippen LogP contribution in [0, 0.1) is 10.1 Å². The number of nitro benzene ring substituents is 1. The molecule has 0 aliphatic carbocycles. The molecular formula is C23H15F3N2O5S. The number of non-ortho nitro benzene ring substituents is 1. The molecule has 0 aliphatic heterocycles. The van der Waals surface area contributed by atoms with Gasteiger partial charge in [0, 0.05) is 29.6 Å². The summed E-state index contributed by atoms with van der Waals surface area (Å²) in [5.41, 5.74) is -1.76. The summed E-state index contributed by atoms with van der Waals surface area (Å²) in [7, 11) is -4.53. The predicted octanol–water partition coefficient (Wildman–Crippen LogP) is 4.76. The first-order chi connectivity index (χ1) is 16.0. The molecule has 7 nitrogen and oxygen atoms in total. The summed E-state index contributed by atoms with van der Waals surface area (Å²) in [5, 5.41) is 10.6. The molecule has 0 bridgehead atoms. The Labute approximate surface area is 190 Å². The monoisotopic (exact) mass is 488 g/mol. The van der Waals surface area contributed by atoms with Crippen LogP contribution in [-0.4, -0.2) is 17.3 Å². The summed E-state index contributed by atoms with van der Waals surface area (Å²) in [5.74, 6) is 0. The number of nitrogens with zero attached hydrogens (tertiary/aromatic N) is 2. The Morgan fingerprint density at radius 3 is 2.15 bits per heavy atom. The van der Waals surface area contributed by atoms with E-state index in [1.54, 1.807) is 30.3 Å². The van der Waals surface area contributed by atoms with Gasteiger partial charge in [-0.2, -0.15) is 13.2 Å². The Morgan fingerprint density at radius 2 is 1.56 bits per heavy atom. The topological polar surface area (TPSA) is 99.3 Å². The second kappa shape index (κ2) is 8.41. The van der Waals surface area contributed by atoms with E-state index in [0.29, 0.717) is 15.6 Å². The van der Waals surface area contributed by atoms with E-state index < -0.39 is 32.2 Å². The van der Waals surface area contributed by atoms with Gasteiger partial charge in [0.1, 0.15) is 0 Å². The number of hydrogen-bond acceptors (Lipinski definition) is 5. The number of aromatic nitrogens is 1. The molecule has 0 N–H and O–H groups in total. The summed E-state index contributed by atoms with van der Waals surface area (Å²) < 4.78 is 67.0. The van der Waals surface area contributed by atoms with Crippen molar-refractivity contribution in [3.05, 3.63) is 116 Å². The first-order valence-corrected chi connectivity index (χ1v) is 11.2. The second-order valence-electron chi connectivity index (χ2n) is 7.42. The fraction of sp³-hybridized carbons (Fsp3) is 0.0870. The summed E-state index contributed by atoms with van der Waals surface area (Å²) in [6, 6.07) is 16.2. The summed E-state index contributed by atoms with van der Waals surface area (Å²) in [4.78, 5) is 23.1. The van der Waals surface area contributed by atoms with Crippen molar-refractivity contribution in [1.29, 1.82) is 0 Å². The van der Waals surface area contributed by atoms with Gasteiger partial charge in [-0.15, -0.1) is 0 Å². The third-order valence-electron chi connectivity index (χ3n) is 5.19. The molecule has 34 heavy (non-hydrogen) atoms. The zero-order valence-electron chi connectivity index (χ0n) is 17.2. The van der Waals surface area contributed by atoms with Crippen molar-refractivity contribution in [3.63, 3.8) is 0 Å². The van der Waals surface area contributed by atoms with E-state index in [2.05, 4.69) is 0 Å². The van der Waals surface area contributed by atoms with Crippen molar-refractivity contribution < 1.29 is 26.5 Å². The maximum absolute atomic E-state index is 13.4. The van der Waals surface area contributed by atoms with E-state index >= 15 is 0 Å². The highest BCUT2D eigenvalue weighted by atomic mass is 32.2. The Kier molecular flexibility index (Phi) is 5.74. The molecule has 1 aromatic heterocycles. The zero-order chi connectivity index (χ0) is 24.7. The van der Waals surface area contributed by atoms with Gasteiger partial charge in [-0.25, -0.2) is 12.4 Å². The summed E-state index contributed by atoms with van der Waals surface area (Å²) >= 11 is 0. The lowest BCUT2D eigenvalue weighted by atomic mass is 10.0. The Bertz CT molecular complexity index is 1560. The van der Waals surface area contributed by atoms with E-state index in [0.717, 1.165) is 36.4 Å². The molecule has 0 aliphatic rings. The zero-order valence-corrected chi connectivity index (χ0v) is 18.0. The first kappa shape index (κ1) is 23.2. The van der Waals surface area contributed by atoms with Crippen molar-refractivity contribution in [2.24, 2.45) is 0 Å². The summed E-state index contributed by atoms with van der Waals surface area (Å²) in [6.45, 7) is 0.